The van der Waals surface area contributed by atoms with E-state index < -0.39 is 0 Å². The number of hydrogen-bond acceptors (Lipinski definition) is 5. The number of ether oxygens (including phenoxy) is 2. The first kappa shape index (κ1) is 18.9. The lowest BCUT2D eigenvalue weighted by atomic mass is 10.2. The first-order chi connectivity index (χ1) is 15.2. The number of para-hydroxylation sites is 1. The van der Waals surface area contributed by atoms with Crippen LogP contribution in [0.25, 0.3) is 22.8 Å². The summed E-state index contributed by atoms with van der Waals surface area (Å²) in [6.45, 7) is 3.00. The molecule has 1 amide bonds. The maximum Gasteiger partial charge on any atom is 0.248 e. The number of carbonyl (C=O) groups excluding carboxylic acids is 1. The summed E-state index contributed by atoms with van der Waals surface area (Å²) in [5.74, 6) is 1.16. The number of nitrogens with one attached hydrogen (secondary N) is 1. The second kappa shape index (κ2) is 7.95. The van der Waals surface area contributed by atoms with Crippen molar-refractivity contribution in [3.63, 3.8) is 0 Å². The fraction of sp³-hybridized carbons (Fsp3) is 0.125. The largest absolute Gasteiger partial charge is 0.486 e. The van der Waals surface area contributed by atoms with E-state index in [0.717, 1.165) is 33.7 Å². The summed E-state index contributed by atoms with van der Waals surface area (Å²) in [5.41, 5.74) is 3.99. The van der Waals surface area contributed by atoms with E-state index >= 15 is 0 Å². The van der Waals surface area contributed by atoms with E-state index in [2.05, 4.69) is 15.4 Å². The zero-order valence-electron chi connectivity index (χ0n) is 16.9. The van der Waals surface area contributed by atoms with Crippen LogP contribution in [0.15, 0.2) is 66.9 Å². The Bertz CT molecular complexity index is 1300. The van der Waals surface area contributed by atoms with Gasteiger partial charge in [-0.05, 0) is 48.9 Å². The van der Waals surface area contributed by atoms with Crippen molar-refractivity contribution in [1.29, 1.82) is 0 Å². The molecule has 7 heteroatoms. The molecule has 1 N–H and O–H groups in total. The van der Waals surface area contributed by atoms with Crippen LogP contribution in [-0.2, 0) is 4.79 Å². The topological polar surface area (TPSA) is 78.3 Å². The van der Waals surface area contributed by atoms with Gasteiger partial charge in [-0.15, -0.1) is 0 Å². The van der Waals surface area contributed by atoms with Crippen LogP contribution in [-0.4, -0.2) is 33.9 Å². The highest BCUT2D eigenvalue weighted by Gasteiger charge is 2.12. The lowest BCUT2D eigenvalue weighted by Crippen LogP contribution is -2.15. The maximum atomic E-state index is 12.4. The van der Waals surface area contributed by atoms with Crippen molar-refractivity contribution in [2.75, 3.05) is 18.5 Å². The molecule has 31 heavy (non-hydrogen) atoms. The monoisotopic (exact) mass is 412 g/mol. The Kier molecular flexibility index (Phi) is 4.84. The summed E-state index contributed by atoms with van der Waals surface area (Å²) >= 11 is 0. The van der Waals surface area contributed by atoms with Crippen molar-refractivity contribution in [3.05, 3.63) is 78.1 Å². The first-order valence-corrected chi connectivity index (χ1v) is 9.97. The van der Waals surface area contributed by atoms with Crippen molar-refractivity contribution in [2.24, 2.45) is 0 Å². The molecule has 7 nitrogen and oxygen atoms in total. The molecule has 154 valence electrons. The van der Waals surface area contributed by atoms with Crippen molar-refractivity contribution < 1.29 is 14.3 Å². The third-order valence-electron chi connectivity index (χ3n) is 4.97. The van der Waals surface area contributed by atoms with Crippen LogP contribution < -0.4 is 14.8 Å². The number of carbonyl (C=O) groups is 1. The van der Waals surface area contributed by atoms with E-state index in [0.29, 0.717) is 24.7 Å². The number of aryl methyl sites for hydroxylation is 1. The van der Waals surface area contributed by atoms with E-state index in [4.69, 9.17) is 9.47 Å². The van der Waals surface area contributed by atoms with Gasteiger partial charge in [0.1, 0.15) is 13.2 Å². The van der Waals surface area contributed by atoms with Gasteiger partial charge in [0.05, 0.1) is 23.3 Å². The Morgan fingerprint density at radius 2 is 1.87 bits per heavy atom. The molecular formula is C24H20N4O3. The van der Waals surface area contributed by atoms with Gasteiger partial charge in [-0.3, -0.25) is 4.79 Å². The van der Waals surface area contributed by atoms with E-state index in [9.17, 15) is 4.79 Å². The molecule has 0 saturated heterocycles. The predicted molar refractivity (Wildman–Crippen MR) is 119 cm³/mol. The Labute approximate surface area is 178 Å². The molecule has 4 aromatic rings. The molecule has 1 aliphatic heterocycles. The molecule has 0 radical (unpaired) electrons. The third-order valence-corrected chi connectivity index (χ3v) is 4.97. The van der Waals surface area contributed by atoms with Gasteiger partial charge >= 0.3 is 0 Å². The number of anilines is 1. The number of rotatable bonds is 4. The van der Waals surface area contributed by atoms with Crippen molar-refractivity contribution >= 4 is 28.7 Å². The van der Waals surface area contributed by atoms with Crippen LogP contribution in [0, 0.1) is 6.92 Å². The quantitative estimate of drug-likeness (QED) is 0.510. The molecule has 0 fully saturated rings. The number of hydrogen-bond donors (Lipinski definition) is 1. The van der Waals surface area contributed by atoms with Gasteiger partial charge in [-0.25, -0.2) is 9.67 Å². The van der Waals surface area contributed by atoms with Crippen LogP contribution in [0.1, 0.15) is 11.3 Å². The molecular weight excluding hydrogens is 392 g/mol. The number of amides is 1. The van der Waals surface area contributed by atoms with Crippen LogP contribution in [0.5, 0.6) is 11.5 Å². The standard InChI is InChI=1S/C24H20N4O3/c1-16-20-14-18(15-25-24(20)28(27-16)19-5-3-2-4-6-19)26-23(29)10-8-17-7-9-21-22(13-17)31-12-11-30-21/h2-10,13-15H,11-12H2,1H3,(H,26,29)/b10-8-. The highest BCUT2D eigenvalue weighted by atomic mass is 16.6. The second-order valence-corrected chi connectivity index (χ2v) is 7.15. The minimum absolute atomic E-state index is 0.246. The number of fused-ring (bicyclic) bond motifs is 2. The predicted octanol–water partition coefficient (Wildman–Crippen LogP) is 4.15. The molecule has 0 bridgehead atoms. The molecule has 5 rings (SSSR count). The molecule has 3 heterocycles. The highest BCUT2D eigenvalue weighted by molar-refractivity contribution is 6.02. The summed E-state index contributed by atoms with van der Waals surface area (Å²) < 4.78 is 12.9. The van der Waals surface area contributed by atoms with Crippen LogP contribution >= 0.6 is 0 Å². The van der Waals surface area contributed by atoms with Crippen molar-refractivity contribution in [3.8, 4) is 17.2 Å². The van der Waals surface area contributed by atoms with Crippen molar-refractivity contribution in [2.45, 2.75) is 6.92 Å². The fourth-order valence-corrected chi connectivity index (χ4v) is 3.48. The fourth-order valence-electron chi connectivity index (χ4n) is 3.48. The Morgan fingerprint density at radius 3 is 2.71 bits per heavy atom. The summed E-state index contributed by atoms with van der Waals surface area (Å²) in [5, 5.41) is 8.35. The molecule has 0 atom stereocenters. The van der Waals surface area contributed by atoms with Gasteiger partial charge in [-0.1, -0.05) is 24.3 Å². The number of aromatic nitrogens is 3. The summed E-state index contributed by atoms with van der Waals surface area (Å²) in [6.07, 6.45) is 4.85. The Morgan fingerprint density at radius 1 is 1.06 bits per heavy atom. The minimum atomic E-state index is -0.246. The molecule has 0 aliphatic carbocycles. The number of benzene rings is 2. The van der Waals surface area contributed by atoms with Gasteiger partial charge in [0.2, 0.25) is 5.91 Å². The van der Waals surface area contributed by atoms with Gasteiger partial charge in [0, 0.05) is 11.5 Å². The summed E-state index contributed by atoms with van der Waals surface area (Å²) in [6, 6.07) is 17.3. The average Bonchev–Trinajstić information content (AvgIpc) is 3.14. The molecule has 0 unspecified atom stereocenters. The highest BCUT2D eigenvalue weighted by Crippen LogP contribution is 2.31. The lowest BCUT2D eigenvalue weighted by Gasteiger charge is -2.18. The Hall–Kier alpha value is -4.13. The van der Waals surface area contributed by atoms with E-state index in [-0.39, 0.29) is 5.91 Å². The zero-order valence-corrected chi connectivity index (χ0v) is 16.9. The lowest BCUT2D eigenvalue weighted by molar-refractivity contribution is -0.111. The second-order valence-electron chi connectivity index (χ2n) is 7.15. The number of pyridine rings is 1. The maximum absolute atomic E-state index is 12.4. The number of nitrogens with zero attached hydrogens (tertiary/aromatic N) is 3. The normalized spacial score (nSPS) is 12.9. The summed E-state index contributed by atoms with van der Waals surface area (Å²) in [4.78, 5) is 16.9. The smallest absolute Gasteiger partial charge is 0.248 e. The Balaban J connectivity index is 1.34. The zero-order chi connectivity index (χ0) is 21.2. The third kappa shape index (κ3) is 3.85. The molecule has 0 saturated carbocycles. The summed E-state index contributed by atoms with van der Waals surface area (Å²) in [7, 11) is 0. The minimum Gasteiger partial charge on any atom is -0.486 e. The molecule has 0 spiro atoms. The van der Waals surface area contributed by atoms with Crippen LogP contribution in [0.2, 0.25) is 0 Å². The SMILES string of the molecule is Cc1nn(-c2ccccc2)c2ncc(NC(=O)/C=C\c3ccc4c(c3)OCCO4)cc12. The molecule has 1 aliphatic rings. The van der Waals surface area contributed by atoms with E-state index in [1.54, 1.807) is 17.0 Å². The first-order valence-electron chi connectivity index (χ1n) is 9.97. The van der Waals surface area contributed by atoms with Gasteiger partial charge < -0.3 is 14.8 Å². The van der Waals surface area contributed by atoms with E-state index in [1.165, 1.54) is 6.08 Å². The molecule has 2 aromatic heterocycles. The van der Waals surface area contributed by atoms with Crippen LogP contribution in [0.3, 0.4) is 0 Å². The van der Waals surface area contributed by atoms with Crippen LogP contribution in [0.4, 0.5) is 5.69 Å². The average molecular weight is 412 g/mol. The van der Waals surface area contributed by atoms with Gasteiger partial charge in [0.25, 0.3) is 0 Å². The molecule has 2 aromatic carbocycles. The van der Waals surface area contributed by atoms with E-state index in [1.807, 2.05) is 61.5 Å². The van der Waals surface area contributed by atoms with Gasteiger partial charge in [0.15, 0.2) is 17.1 Å². The van der Waals surface area contributed by atoms with Crippen molar-refractivity contribution in [1.82, 2.24) is 14.8 Å². The van der Waals surface area contributed by atoms with Gasteiger partial charge in [-0.2, -0.15) is 5.10 Å².